The van der Waals surface area contributed by atoms with Gasteiger partial charge in [0.05, 0.1) is 23.9 Å². The molecule has 2 fully saturated rings. The predicted octanol–water partition coefficient (Wildman–Crippen LogP) is 3.13. The summed E-state index contributed by atoms with van der Waals surface area (Å²) in [6.07, 6.45) is 4.44. The second-order valence-electron chi connectivity index (χ2n) is 11.1. The van der Waals surface area contributed by atoms with Gasteiger partial charge in [-0.15, -0.1) is 0 Å². The Kier molecular flexibility index (Phi) is 9.50. The Morgan fingerprint density at radius 2 is 1.61 bits per heavy atom. The first-order valence-corrected chi connectivity index (χ1v) is 15.0. The number of carbonyl (C=O) groups excluding carboxylic acids is 2. The second-order valence-corrected chi connectivity index (χ2v) is 12.9. The van der Waals surface area contributed by atoms with Crippen LogP contribution < -0.4 is 14.9 Å². The van der Waals surface area contributed by atoms with Gasteiger partial charge in [0, 0.05) is 38.4 Å². The number of hydrogen-bond acceptors (Lipinski definition) is 7. The van der Waals surface area contributed by atoms with Crippen LogP contribution >= 0.6 is 0 Å². The smallest absolute Gasteiger partial charge is 0.410 e. The van der Waals surface area contributed by atoms with Crippen LogP contribution in [0.5, 0.6) is 0 Å². The Morgan fingerprint density at radius 1 is 1.03 bits per heavy atom. The minimum Gasteiger partial charge on any atom is -0.481 e. The van der Waals surface area contributed by atoms with E-state index in [0.717, 1.165) is 50.7 Å². The van der Waals surface area contributed by atoms with Crippen molar-refractivity contribution < 1.29 is 32.6 Å². The number of ether oxygens (including phenoxy) is 1. The number of carbonyl (C=O) groups is 3. The summed E-state index contributed by atoms with van der Waals surface area (Å²) in [5.74, 6) is -0.470. The van der Waals surface area contributed by atoms with Gasteiger partial charge in [-0.1, -0.05) is 0 Å². The molecule has 12 heteroatoms. The van der Waals surface area contributed by atoms with Gasteiger partial charge in [-0.05, 0) is 76.5 Å². The van der Waals surface area contributed by atoms with Crippen molar-refractivity contribution in [2.24, 2.45) is 11.8 Å². The van der Waals surface area contributed by atoms with E-state index in [1.54, 1.807) is 23.1 Å². The Hall–Kier alpha value is -3.02. The molecule has 0 bridgehead atoms. The van der Waals surface area contributed by atoms with Crippen LogP contribution in [-0.2, 0) is 19.6 Å². The molecule has 38 heavy (non-hydrogen) atoms. The summed E-state index contributed by atoms with van der Waals surface area (Å²) in [4.78, 5) is 39.7. The van der Waals surface area contributed by atoms with Gasteiger partial charge in [0.1, 0.15) is 5.60 Å². The number of aliphatic carboxylic acids is 1. The molecule has 0 aliphatic carbocycles. The van der Waals surface area contributed by atoms with Crippen molar-refractivity contribution in [2.45, 2.75) is 58.5 Å². The van der Waals surface area contributed by atoms with Gasteiger partial charge in [-0.25, -0.2) is 13.2 Å². The monoisotopic (exact) mass is 552 g/mol. The van der Waals surface area contributed by atoms with E-state index in [0.29, 0.717) is 24.9 Å². The zero-order valence-corrected chi connectivity index (χ0v) is 23.5. The zero-order valence-electron chi connectivity index (χ0n) is 22.7. The number of nitrogens with one attached hydrogen (secondary N) is 2. The quantitative estimate of drug-likeness (QED) is 0.446. The summed E-state index contributed by atoms with van der Waals surface area (Å²) in [6, 6.07) is 5.02. The van der Waals surface area contributed by atoms with Crippen LogP contribution in [0.1, 0.15) is 63.2 Å². The lowest BCUT2D eigenvalue weighted by Gasteiger charge is -2.41. The summed E-state index contributed by atoms with van der Waals surface area (Å²) in [5, 5.41) is 11.3. The van der Waals surface area contributed by atoms with E-state index < -0.39 is 27.5 Å². The van der Waals surface area contributed by atoms with Crippen LogP contribution in [0.3, 0.4) is 0 Å². The lowest BCUT2D eigenvalue weighted by molar-refractivity contribution is -0.136. The summed E-state index contributed by atoms with van der Waals surface area (Å²) >= 11 is 0. The first kappa shape index (κ1) is 29.5. The molecule has 2 amide bonds. The molecule has 3 rings (SSSR count). The van der Waals surface area contributed by atoms with Crippen LogP contribution in [0.4, 0.5) is 16.2 Å². The van der Waals surface area contributed by atoms with Crippen molar-refractivity contribution in [3.8, 4) is 0 Å². The van der Waals surface area contributed by atoms with Gasteiger partial charge >= 0.3 is 12.1 Å². The van der Waals surface area contributed by atoms with Crippen molar-refractivity contribution in [1.82, 2.24) is 10.2 Å². The SMILES string of the molecule is CC(C)(C)OC(=O)N1CCC(C2CCN(c3ccc(C(=O)NCCC(=O)O)c(NS(C)(=O)=O)c3)CC2)CC1. The zero-order chi connectivity index (χ0) is 28.1. The van der Waals surface area contributed by atoms with Crippen LogP contribution in [-0.4, -0.2) is 81.0 Å². The average Bonchev–Trinajstić information content (AvgIpc) is 2.82. The molecule has 212 valence electrons. The Balaban J connectivity index is 1.59. The highest BCUT2D eigenvalue weighted by molar-refractivity contribution is 7.92. The fraction of sp³-hybridized carbons (Fsp3) is 0.654. The van der Waals surface area contributed by atoms with E-state index >= 15 is 0 Å². The molecular weight excluding hydrogens is 512 g/mol. The maximum absolute atomic E-state index is 12.6. The van der Waals surface area contributed by atoms with Crippen LogP contribution in [0.15, 0.2) is 18.2 Å². The molecule has 1 aromatic rings. The second kappa shape index (κ2) is 12.2. The summed E-state index contributed by atoms with van der Waals surface area (Å²) in [6.45, 7) is 8.58. The number of carboxylic acid groups (broad SMARTS) is 1. The highest BCUT2D eigenvalue weighted by Gasteiger charge is 2.32. The van der Waals surface area contributed by atoms with Gasteiger partial charge < -0.3 is 25.0 Å². The molecule has 0 atom stereocenters. The van der Waals surface area contributed by atoms with Crippen molar-refractivity contribution in [3.05, 3.63) is 23.8 Å². The molecular formula is C26H40N4O7S. The van der Waals surface area contributed by atoms with Crippen LogP contribution in [0.2, 0.25) is 0 Å². The largest absolute Gasteiger partial charge is 0.481 e. The van der Waals surface area contributed by atoms with Crippen LogP contribution in [0, 0.1) is 11.8 Å². The lowest BCUT2D eigenvalue weighted by atomic mass is 9.79. The summed E-state index contributed by atoms with van der Waals surface area (Å²) < 4.78 is 31.8. The molecule has 2 saturated heterocycles. The van der Waals surface area contributed by atoms with Crippen LogP contribution in [0.25, 0.3) is 0 Å². The number of likely N-dealkylation sites (tertiary alicyclic amines) is 1. The standard InChI is InChI=1S/C26H40N4O7S/c1-26(2,3)37-25(34)30-15-10-19(11-16-30)18-8-13-29(14-9-18)20-5-6-21(22(17-20)28-38(4,35)36)24(33)27-12-7-23(31)32/h5-6,17-19,28H,7-16H2,1-4H3,(H,27,33)(H,31,32). The van der Waals surface area contributed by atoms with Gasteiger partial charge in [0.15, 0.2) is 0 Å². The number of carboxylic acids is 1. The van der Waals surface area contributed by atoms with Crippen molar-refractivity contribution in [2.75, 3.05) is 48.6 Å². The minimum atomic E-state index is -3.64. The number of amides is 2. The molecule has 11 nitrogen and oxygen atoms in total. The molecule has 2 heterocycles. The maximum Gasteiger partial charge on any atom is 0.410 e. The fourth-order valence-electron chi connectivity index (χ4n) is 5.10. The topological polar surface area (TPSA) is 145 Å². The molecule has 1 aromatic carbocycles. The van der Waals surface area contributed by atoms with E-state index in [9.17, 15) is 22.8 Å². The minimum absolute atomic E-state index is 0.0571. The highest BCUT2D eigenvalue weighted by Crippen LogP contribution is 2.35. The van der Waals surface area contributed by atoms with Gasteiger partial charge in [-0.2, -0.15) is 0 Å². The molecule has 2 aliphatic heterocycles. The van der Waals surface area contributed by atoms with Crippen molar-refractivity contribution in [3.63, 3.8) is 0 Å². The number of nitrogens with zero attached hydrogens (tertiary/aromatic N) is 2. The molecule has 0 unspecified atom stereocenters. The number of piperidine rings is 2. The third kappa shape index (κ3) is 8.78. The Bertz CT molecular complexity index is 1120. The number of hydrogen-bond donors (Lipinski definition) is 3. The molecule has 0 aromatic heterocycles. The Labute approximate surface area is 224 Å². The van der Waals surface area contributed by atoms with E-state index in [4.69, 9.17) is 9.84 Å². The summed E-state index contributed by atoms with van der Waals surface area (Å²) in [7, 11) is -3.64. The number of anilines is 2. The highest BCUT2D eigenvalue weighted by atomic mass is 32.2. The molecule has 0 saturated carbocycles. The van der Waals surface area contributed by atoms with E-state index in [1.165, 1.54) is 0 Å². The van der Waals surface area contributed by atoms with E-state index in [2.05, 4.69) is 14.9 Å². The fourth-order valence-corrected chi connectivity index (χ4v) is 5.67. The maximum atomic E-state index is 12.6. The first-order valence-electron chi connectivity index (χ1n) is 13.1. The van der Waals surface area contributed by atoms with E-state index in [-0.39, 0.29) is 30.3 Å². The lowest BCUT2D eigenvalue weighted by Crippen LogP contribution is -2.44. The van der Waals surface area contributed by atoms with Crippen molar-refractivity contribution >= 4 is 39.4 Å². The number of rotatable bonds is 8. The third-order valence-corrected chi connectivity index (χ3v) is 7.52. The predicted molar refractivity (Wildman–Crippen MR) is 145 cm³/mol. The van der Waals surface area contributed by atoms with Gasteiger partial charge in [0.25, 0.3) is 5.91 Å². The molecule has 0 radical (unpaired) electrons. The van der Waals surface area contributed by atoms with E-state index in [1.807, 2.05) is 20.8 Å². The average molecular weight is 553 g/mol. The first-order chi connectivity index (χ1) is 17.7. The summed E-state index contributed by atoms with van der Waals surface area (Å²) in [5.41, 5.74) is 0.613. The normalized spacial score (nSPS) is 17.7. The van der Waals surface area contributed by atoms with Gasteiger partial charge in [0.2, 0.25) is 10.0 Å². The molecule has 2 aliphatic rings. The number of benzene rings is 1. The molecule has 0 spiro atoms. The Morgan fingerprint density at radius 3 is 2.13 bits per heavy atom. The molecule has 3 N–H and O–H groups in total. The number of sulfonamides is 1. The third-order valence-electron chi connectivity index (χ3n) is 6.93. The van der Waals surface area contributed by atoms with Crippen molar-refractivity contribution in [1.29, 1.82) is 0 Å². The van der Waals surface area contributed by atoms with Gasteiger partial charge in [-0.3, -0.25) is 14.3 Å².